The van der Waals surface area contributed by atoms with E-state index < -0.39 is 0 Å². The van der Waals surface area contributed by atoms with Gasteiger partial charge >= 0.3 is 0 Å². The van der Waals surface area contributed by atoms with E-state index in [0.29, 0.717) is 6.61 Å². The molecule has 0 spiro atoms. The average molecular weight is 313 g/mol. The lowest BCUT2D eigenvalue weighted by molar-refractivity contribution is 0.249. The van der Waals surface area contributed by atoms with Gasteiger partial charge in [-0.25, -0.2) is 4.98 Å². The third-order valence-corrected chi connectivity index (χ3v) is 5.01. The van der Waals surface area contributed by atoms with Crippen molar-refractivity contribution in [2.24, 2.45) is 0 Å². The highest BCUT2D eigenvalue weighted by Crippen LogP contribution is 2.25. The van der Waals surface area contributed by atoms with Crippen molar-refractivity contribution in [3.63, 3.8) is 0 Å². The number of rotatable bonds is 3. The number of fused-ring (bicyclic) bond motifs is 1. The van der Waals surface area contributed by atoms with Crippen LogP contribution in [0.5, 0.6) is 5.75 Å². The fourth-order valence-corrected chi connectivity index (χ4v) is 3.70. The maximum Gasteiger partial charge on any atom is 0.185 e. The van der Waals surface area contributed by atoms with Crippen LogP contribution < -0.4 is 9.64 Å². The lowest BCUT2D eigenvalue weighted by Gasteiger charge is -2.34. The summed E-state index contributed by atoms with van der Waals surface area (Å²) >= 11 is 1.72. The molecule has 0 atom stereocenters. The zero-order chi connectivity index (χ0) is 14.8. The first-order valence-corrected chi connectivity index (χ1v) is 8.55. The van der Waals surface area contributed by atoms with Gasteiger partial charge in [-0.1, -0.05) is 12.1 Å². The van der Waals surface area contributed by atoms with Crippen molar-refractivity contribution in [2.75, 3.05) is 37.7 Å². The second-order valence-corrected chi connectivity index (χ2v) is 6.54. The summed E-state index contributed by atoms with van der Waals surface area (Å²) in [4.78, 5) is 9.29. The second-order valence-electron chi connectivity index (χ2n) is 5.66. The molecule has 0 aliphatic carbocycles. The number of hydrogen-bond donors (Lipinski definition) is 0. The molecule has 3 heterocycles. The van der Waals surface area contributed by atoms with Crippen LogP contribution in [0, 0.1) is 0 Å². The molecule has 1 aromatic carbocycles. The van der Waals surface area contributed by atoms with E-state index in [4.69, 9.17) is 4.74 Å². The molecule has 0 unspecified atom stereocenters. The van der Waals surface area contributed by atoms with Crippen LogP contribution in [0.1, 0.15) is 11.1 Å². The second kappa shape index (κ2) is 6.10. The molecule has 1 saturated heterocycles. The fraction of sp³-hybridized carbons (Fsp3) is 0.353. The van der Waals surface area contributed by atoms with Gasteiger partial charge in [0.15, 0.2) is 5.13 Å². The Bertz CT molecular complexity index is 661. The first-order chi connectivity index (χ1) is 10.9. The number of nitrogens with zero attached hydrogens (tertiary/aromatic N) is 3. The Hall–Kier alpha value is -1.85. The number of aromatic nitrogens is 1. The van der Waals surface area contributed by atoms with Crippen LogP contribution in [0.4, 0.5) is 5.13 Å². The Morgan fingerprint density at radius 2 is 2.09 bits per heavy atom. The molecular weight excluding hydrogens is 294 g/mol. The van der Waals surface area contributed by atoms with E-state index in [-0.39, 0.29) is 0 Å². The molecule has 0 bridgehead atoms. The van der Waals surface area contributed by atoms with Gasteiger partial charge in [-0.2, -0.15) is 0 Å². The minimum Gasteiger partial charge on any atom is -0.489 e. The summed E-state index contributed by atoms with van der Waals surface area (Å²) < 4.78 is 5.61. The largest absolute Gasteiger partial charge is 0.489 e. The summed E-state index contributed by atoms with van der Waals surface area (Å²) in [6.45, 7) is 5.98. The molecule has 0 N–H and O–H groups in total. The van der Waals surface area contributed by atoms with E-state index in [1.54, 1.807) is 11.3 Å². The van der Waals surface area contributed by atoms with Crippen molar-refractivity contribution in [1.29, 1.82) is 0 Å². The minimum absolute atomic E-state index is 0.686. The van der Waals surface area contributed by atoms with Crippen molar-refractivity contribution in [2.45, 2.75) is 6.54 Å². The first-order valence-electron chi connectivity index (χ1n) is 7.67. The predicted molar refractivity (Wildman–Crippen MR) is 90.6 cm³/mol. The van der Waals surface area contributed by atoms with E-state index in [1.807, 2.05) is 11.6 Å². The van der Waals surface area contributed by atoms with Crippen molar-refractivity contribution in [3.05, 3.63) is 47.0 Å². The van der Waals surface area contributed by atoms with E-state index >= 15 is 0 Å². The Balaban J connectivity index is 1.38. The molecule has 1 aromatic heterocycles. The van der Waals surface area contributed by atoms with E-state index in [0.717, 1.165) is 43.6 Å². The summed E-state index contributed by atoms with van der Waals surface area (Å²) in [5.41, 5.74) is 2.56. The Labute approximate surface area is 134 Å². The molecule has 2 aromatic rings. The summed E-state index contributed by atoms with van der Waals surface area (Å²) in [5.74, 6) is 1.000. The molecule has 114 valence electrons. The average Bonchev–Trinajstić information content (AvgIpc) is 3.10. The smallest absolute Gasteiger partial charge is 0.185 e. The van der Waals surface area contributed by atoms with Crippen LogP contribution in [0.25, 0.3) is 6.08 Å². The van der Waals surface area contributed by atoms with E-state index in [2.05, 4.69) is 45.1 Å². The zero-order valence-electron chi connectivity index (χ0n) is 12.4. The monoisotopic (exact) mass is 313 g/mol. The van der Waals surface area contributed by atoms with Gasteiger partial charge in [-0.05, 0) is 23.8 Å². The van der Waals surface area contributed by atoms with Gasteiger partial charge < -0.3 is 9.64 Å². The third kappa shape index (κ3) is 2.87. The number of anilines is 1. The highest BCUT2D eigenvalue weighted by atomic mass is 32.1. The molecule has 0 saturated carbocycles. The van der Waals surface area contributed by atoms with Gasteiger partial charge in [0, 0.05) is 49.9 Å². The van der Waals surface area contributed by atoms with Crippen LogP contribution in [-0.2, 0) is 6.54 Å². The Morgan fingerprint density at radius 1 is 1.18 bits per heavy atom. The van der Waals surface area contributed by atoms with Crippen LogP contribution in [-0.4, -0.2) is 42.7 Å². The van der Waals surface area contributed by atoms with E-state index in [9.17, 15) is 0 Å². The first kappa shape index (κ1) is 13.8. The Morgan fingerprint density at radius 3 is 2.91 bits per heavy atom. The topological polar surface area (TPSA) is 28.6 Å². The lowest BCUT2D eigenvalue weighted by atomic mass is 10.1. The highest BCUT2D eigenvalue weighted by molar-refractivity contribution is 7.13. The highest BCUT2D eigenvalue weighted by Gasteiger charge is 2.19. The van der Waals surface area contributed by atoms with Gasteiger partial charge in [0.2, 0.25) is 0 Å². The molecule has 5 heteroatoms. The van der Waals surface area contributed by atoms with Gasteiger partial charge in [0.1, 0.15) is 12.4 Å². The van der Waals surface area contributed by atoms with Crippen LogP contribution in [0.15, 0.2) is 35.9 Å². The molecule has 22 heavy (non-hydrogen) atoms. The number of benzene rings is 1. The number of hydrogen-bond acceptors (Lipinski definition) is 5. The van der Waals surface area contributed by atoms with Crippen LogP contribution in [0.2, 0.25) is 0 Å². The lowest BCUT2D eigenvalue weighted by Crippen LogP contribution is -2.45. The van der Waals surface area contributed by atoms with Gasteiger partial charge in [0.25, 0.3) is 0 Å². The number of ether oxygens (including phenoxy) is 1. The van der Waals surface area contributed by atoms with E-state index in [1.165, 1.54) is 11.1 Å². The molecule has 1 fully saturated rings. The molecule has 2 aliphatic rings. The standard InChI is InChI=1S/C17H19N3OS/c1-2-15-12-14(3-4-16(15)21-10-1)13-19-6-8-20(9-7-19)17-18-5-11-22-17/h1-5,11-12H,6-10,13H2. The molecule has 4 nitrogen and oxygen atoms in total. The van der Waals surface area contributed by atoms with Gasteiger partial charge in [0.05, 0.1) is 0 Å². The van der Waals surface area contributed by atoms with Crippen LogP contribution in [0.3, 0.4) is 0 Å². The Kier molecular flexibility index (Phi) is 3.83. The van der Waals surface area contributed by atoms with Crippen molar-refractivity contribution < 1.29 is 4.74 Å². The van der Waals surface area contributed by atoms with Gasteiger partial charge in [-0.3, -0.25) is 4.90 Å². The van der Waals surface area contributed by atoms with Crippen molar-refractivity contribution in [1.82, 2.24) is 9.88 Å². The predicted octanol–water partition coefficient (Wildman–Crippen LogP) is 2.87. The molecule has 0 amide bonds. The molecule has 0 radical (unpaired) electrons. The fourth-order valence-electron chi connectivity index (χ4n) is 3.00. The van der Waals surface area contributed by atoms with Crippen LogP contribution >= 0.6 is 11.3 Å². The number of thiazole rings is 1. The quantitative estimate of drug-likeness (QED) is 0.871. The molecule has 4 rings (SSSR count). The normalized spacial score (nSPS) is 18.1. The number of piperazine rings is 1. The SMILES string of the molecule is C1=Cc2cc(CN3CCN(c4nccs4)CC3)ccc2OC1. The maximum absolute atomic E-state index is 5.61. The summed E-state index contributed by atoms with van der Waals surface area (Å²) in [7, 11) is 0. The summed E-state index contributed by atoms with van der Waals surface area (Å²) in [6, 6.07) is 6.53. The summed E-state index contributed by atoms with van der Waals surface area (Å²) in [6.07, 6.45) is 6.11. The molecule has 2 aliphatic heterocycles. The minimum atomic E-state index is 0.686. The zero-order valence-corrected chi connectivity index (χ0v) is 13.3. The maximum atomic E-state index is 5.61. The van der Waals surface area contributed by atoms with Crippen molar-refractivity contribution >= 4 is 22.5 Å². The van der Waals surface area contributed by atoms with Gasteiger partial charge in [-0.15, -0.1) is 11.3 Å². The molecular formula is C17H19N3OS. The van der Waals surface area contributed by atoms with Crippen molar-refractivity contribution in [3.8, 4) is 5.75 Å². The third-order valence-electron chi connectivity index (χ3n) is 4.17. The summed E-state index contributed by atoms with van der Waals surface area (Å²) in [5, 5.41) is 3.19.